The molecule has 2 aliphatic rings. The highest BCUT2D eigenvalue weighted by Crippen LogP contribution is 2.42. The van der Waals surface area contributed by atoms with Crippen molar-refractivity contribution in [2.45, 2.75) is 50.3 Å². The molecule has 0 spiro atoms. The summed E-state index contributed by atoms with van der Waals surface area (Å²) < 4.78 is 35.6. The average Bonchev–Trinajstić information content (AvgIpc) is 3.30. The second-order valence-electron chi connectivity index (χ2n) is 6.43. The number of esters is 1. The van der Waals surface area contributed by atoms with Crippen LogP contribution in [0, 0.1) is 6.92 Å². The smallest absolute Gasteiger partial charge is 0.333 e. The molecule has 1 amide bonds. The average molecular weight is 379 g/mol. The molecule has 0 unspecified atom stereocenters. The van der Waals surface area contributed by atoms with Crippen LogP contribution in [-0.4, -0.2) is 50.0 Å². The molecule has 0 bridgehead atoms. The van der Waals surface area contributed by atoms with Crippen molar-refractivity contribution < 1.29 is 26.9 Å². The molecule has 26 heavy (non-hydrogen) atoms. The molecule has 8 heteroatoms. The maximum atomic E-state index is 12.6. The minimum absolute atomic E-state index is 0.0434. The Bertz CT molecular complexity index is 858. The van der Waals surface area contributed by atoms with Gasteiger partial charge in [-0.15, -0.1) is 0 Å². The zero-order valence-corrected chi connectivity index (χ0v) is 15.7. The second kappa shape index (κ2) is 6.85. The van der Waals surface area contributed by atoms with Crippen LogP contribution >= 0.6 is 0 Å². The van der Waals surface area contributed by atoms with Crippen LogP contribution in [0.25, 0.3) is 0 Å². The van der Waals surface area contributed by atoms with E-state index in [1.165, 1.54) is 24.0 Å². The van der Waals surface area contributed by atoms with Crippen LogP contribution < -0.4 is 0 Å². The zero-order chi connectivity index (χ0) is 19.1. The molecule has 0 N–H and O–H groups in total. The van der Waals surface area contributed by atoms with Crippen molar-refractivity contribution in [1.82, 2.24) is 4.90 Å². The predicted molar refractivity (Wildman–Crippen MR) is 92.7 cm³/mol. The Labute approximate surface area is 152 Å². The van der Waals surface area contributed by atoms with Crippen molar-refractivity contribution >= 4 is 22.0 Å². The van der Waals surface area contributed by atoms with E-state index in [1.54, 1.807) is 25.1 Å². The Morgan fingerprint density at radius 1 is 1.23 bits per heavy atom. The summed E-state index contributed by atoms with van der Waals surface area (Å²) in [6.45, 7) is 5.17. The van der Waals surface area contributed by atoms with Crippen molar-refractivity contribution in [2.75, 3.05) is 6.61 Å². The summed E-state index contributed by atoms with van der Waals surface area (Å²) >= 11 is 0. The Kier molecular flexibility index (Phi) is 4.90. The fourth-order valence-electron chi connectivity index (χ4n) is 3.27. The minimum atomic E-state index is -4.01. The van der Waals surface area contributed by atoms with Gasteiger partial charge in [0, 0.05) is 18.9 Å². The summed E-state index contributed by atoms with van der Waals surface area (Å²) in [5.41, 5.74) is 1.26. The van der Waals surface area contributed by atoms with E-state index in [2.05, 4.69) is 0 Å². The Hall–Kier alpha value is -2.19. The van der Waals surface area contributed by atoms with E-state index in [0.717, 1.165) is 5.56 Å². The van der Waals surface area contributed by atoms with Gasteiger partial charge in [0.1, 0.15) is 6.10 Å². The minimum Gasteiger partial charge on any atom is -0.463 e. The summed E-state index contributed by atoms with van der Waals surface area (Å²) in [5.74, 6) is -0.703. The summed E-state index contributed by atoms with van der Waals surface area (Å²) in [4.78, 5) is 25.4. The molecule has 0 aromatic heterocycles. The fourth-order valence-corrected chi connectivity index (χ4v) is 4.36. The van der Waals surface area contributed by atoms with E-state index >= 15 is 0 Å². The molecule has 1 heterocycles. The lowest BCUT2D eigenvalue weighted by Gasteiger charge is -2.20. The van der Waals surface area contributed by atoms with Crippen LogP contribution in [0.1, 0.15) is 25.8 Å². The number of hydrogen-bond donors (Lipinski definition) is 0. The van der Waals surface area contributed by atoms with Crippen LogP contribution in [0.4, 0.5) is 0 Å². The first-order valence-corrected chi connectivity index (χ1v) is 9.82. The number of aryl methyl sites for hydroxylation is 1. The van der Waals surface area contributed by atoms with Crippen molar-refractivity contribution in [3.63, 3.8) is 0 Å². The lowest BCUT2D eigenvalue weighted by Crippen LogP contribution is -2.31. The maximum Gasteiger partial charge on any atom is 0.333 e. The van der Waals surface area contributed by atoms with E-state index in [1.807, 2.05) is 6.92 Å². The molecule has 0 radical (unpaired) electrons. The number of carbonyl (C=O) groups excluding carboxylic acids is 2. The maximum absolute atomic E-state index is 12.6. The summed E-state index contributed by atoms with van der Waals surface area (Å²) in [5, 5.41) is 0. The van der Waals surface area contributed by atoms with Crippen LogP contribution in [0.15, 0.2) is 40.8 Å². The van der Waals surface area contributed by atoms with Crippen molar-refractivity contribution in [1.29, 1.82) is 0 Å². The molecule has 1 saturated heterocycles. The van der Waals surface area contributed by atoms with Crippen LogP contribution in [0.3, 0.4) is 0 Å². The van der Waals surface area contributed by atoms with E-state index in [4.69, 9.17) is 8.92 Å². The van der Waals surface area contributed by atoms with Crippen LogP contribution in [0.5, 0.6) is 0 Å². The second-order valence-corrected chi connectivity index (χ2v) is 8.00. The number of ether oxygens (including phenoxy) is 1. The summed E-state index contributed by atoms with van der Waals surface area (Å²) in [7, 11) is -4.01. The number of hydrogen-bond acceptors (Lipinski definition) is 6. The summed E-state index contributed by atoms with van der Waals surface area (Å²) in [6.07, 6.45) is 0.928. The van der Waals surface area contributed by atoms with Crippen molar-refractivity contribution in [3.8, 4) is 0 Å². The third kappa shape index (κ3) is 3.52. The fraction of sp³-hybridized carbons (Fsp3) is 0.444. The number of nitrogens with zero attached hydrogens (tertiary/aromatic N) is 1. The van der Waals surface area contributed by atoms with Crippen molar-refractivity contribution in [3.05, 3.63) is 41.5 Å². The Morgan fingerprint density at radius 3 is 2.46 bits per heavy atom. The molecule has 3 atom stereocenters. The zero-order valence-electron chi connectivity index (χ0n) is 14.8. The number of carbonyl (C=O) groups is 2. The third-order valence-corrected chi connectivity index (χ3v) is 5.89. The van der Waals surface area contributed by atoms with E-state index < -0.39 is 22.2 Å². The summed E-state index contributed by atoms with van der Waals surface area (Å²) in [6, 6.07) is 5.60. The Balaban J connectivity index is 1.84. The highest BCUT2D eigenvalue weighted by atomic mass is 32.2. The first-order chi connectivity index (χ1) is 12.2. The number of amides is 1. The first-order valence-electron chi connectivity index (χ1n) is 8.41. The van der Waals surface area contributed by atoms with Gasteiger partial charge in [-0.3, -0.25) is 8.98 Å². The normalized spacial score (nSPS) is 24.5. The molecule has 1 aliphatic carbocycles. The van der Waals surface area contributed by atoms with E-state index in [9.17, 15) is 18.0 Å². The van der Waals surface area contributed by atoms with E-state index in [-0.39, 0.29) is 35.9 Å². The first kappa shape index (κ1) is 18.6. The molecule has 1 fully saturated rings. The van der Waals surface area contributed by atoms with Crippen LogP contribution in [0.2, 0.25) is 0 Å². The van der Waals surface area contributed by atoms with Crippen LogP contribution in [-0.2, 0) is 28.6 Å². The number of rotatable bonds is 5. The molecule has 140 valence electrons. The van der Waals surface area contributed by atoms with Crippen molar-refractivity contribution in [2.24, 2.45) is 0 Å². The van der Waals surface area contributed by atoms with Gasteiger partial charge in [0.25, 0.3) is 10.1 Å². The quantitative estimate of drug-likeness (QED) is 0.438. The van der Waals surface area contributed by atoms with Gasteiger partial charge in [-0.25, -0.2) is 4.79 Å². The van der Waals surface area contributed by atoms with Gasteiger partial charge >= 0.3 is 5.97 Å². The SMILES string of the molecule is CCOC(=O)C1=C[C@H]2[C@H]([C@H](OS(=O)(=O)c3ccc(C)cc3)C1)N2C(C)=O. The highest BCUT2D eigenvalue weighted by molar-refractivity contribution is 7.86. The van der Waals surface area contributed by atoms with Gasteiger partial charge in [0.2, 0.25) is 5.91 Å². The highest BCUT2D eigenvalue weighted by Gasteiger charge is 2.57. The topological polar surface area (TPSA) is 89.8 Å². The standard InChI is InChI=1S/C18H21NO6S/c1-4-24-18(21)13-9-15-17(19(15)12(3)20)16(10-13)25-26(22,23)14-7-5-11(2)6-8-14/h5-9,15-17H,4,10H2,1-3H3/t15-,16+,17+,19?/m0/s1. The molecular formula is C18H21NO6S. The molecule has 1 aromatic carbocycles. The van der Waals surface area contributed by atoms with E-state index in [0.29, 0.717) is 5.57 Å². The lowest BCUT2D eigenvalue weighted by atomic mass is 9.97. The molecular weight excluding hydrogens is 358 g/mol. The largest absolute Gasteiger partial charge is 0.463 e. The molecule has 1 aromatic rings. The number of fused-ring (bicyclic) bond motifs is 1. The van der Waals surface area contributed by atoms with Gasteiger partial charge in [0.05, 0.1) is 23.6 Å². The van der Waals surface area contributed by atoms with Gasteiger partial charge < -0.3 is 9.64 Å². The monoisotopic (exact) mass is 379 g/mol. The molecule has 3 rings (SSSR count). The van der Waals surface area contributed by atoms with Gasteiger partial charge in [-0.05, 0) is 32.1 Å². The van der Waals surface area contributed by atoms with Gasteiger partial charge in [-0.1, -0.05) is 17.7 Å². The Morgan fingerprint density at radius 2 is 1.88 bits per heavy atom. The van der Waals surface area contributed by atoms with Gasteiger partial charge in [-0.2, -0.15) is 8.42 Å². The molecule has 1 aliphatic heterocycles. The van der Waals surface area contributed by atoms with Gasteiger partial charge in [0.15, 0.2) is 0 Å². The molecule has 7 nitrogen and oxygen atoms in total. The lowest BCUT2D eigenvalue weighted by molar-refractivity contribution is -0.139. The third-order valence-electron chi connectivity index (χ3n) is 4.54. The molecule has 0 saturated carbocycles. The number of benzene rings is 1. The predicted octanol–water partition coefficient (Wildman–Crippen LogP) is 1.56.